The average Bonchev–Trinajstić information content (AvgIpc) is 2.58. The second kappa shape index (κ2) is 4.50. The first-order valence-corrected chi connectivity index (χ1v) is 9.67. The predicted molar refractivity (Wildman–Crippen MR) is 93.7 cm³/mol. The first-order chi connectivity index (χ1) is 11.2. The van der Waals surface area contributed by atoms with Crippen LogP contribution in [0.3, 0.4) is 0 Å². The molecule has 0 aromatic heterocycles. The van der Waals surface area contributed by atoms with Crippen LogP contribution in [0.25, 0.3) is 0 Å². The Labute approximate surface area is 141 Å². The van der Waals surface area contributed by atoms with E-state index in [1.807, 2.05) is 60.7 Å². The van der Waals surface area contributed by atoms with E-state index < -0.39 is 7.14 Å². The van der Waals surface area contributed by atoms with Gasteiger partial charge in [-0.3, -0.25) is 0 Å². The minimum Gasteiger partial charge on any atom is -0.456 e. The number of fused-ring (bicyclic) bond motifs is 4. The molecule has 0 fully saturated rings. The molecular formula is C18H10BrO3P. The summed E-state index contributed by atoms with van der Waals surface area (Å²) in [7, 11) is -3.02. The first-order valence-electron chi connectivity index (χ1n) is 7.17. The van der Waals surface area contributed by atoms with Gasteiger partial charge in [-0.2, -0.15) is 0 Å². The number of para-hydroxylation sites is 2. The van der Waals surface area contributed by atoms with Crippen molar-refractivity contribution >= 4 is 39.0 Å². The Morgan fingerprint density at radius 2 is 1.35 bits per heavy atom. The number of hydrogen-bond donors (Lipinski definition) is 0. The van der Waals surface area contributed by atoms with Crippen LogP contribution in [-0.4, -0.2) is 0 Å². The molecule has 2 aliphatic heterocycles. The van der Waals surface area contributed by atoms with Gasteiger partial charge in [0.2, 0.25) is 0 Å². The maximum atomic E-state index is 14.3. The summed E-state index contributed by atoms with van der Waals surface area (Å²) in [5.74, 6) is 2.46. The van der Waals surface area contributed by atoms with E-state index in [0.29, 0.717) is 28.3 Å². The standard InChI is InChI=1S/C18H10BrO3P/c19-11-9-10-14-18-17(11)22-13-6-2-4-8-16(13)23(18,20)15-7-3-1-5-12(15)21-14/h1-10H. The third-order valence-corrected chi connectivity index (χ3v) is 7.98. The Kier molecular flexibility index (Phi) is 2.62. The highest BCUT2D eigenvalue weighted by atomic mass is 79.9. The molecule has 3 aromatic carbocycles. The molecule has 112 valence electrons. The van der Waals surface area contributed by atoms with Crippen LogP contribution in [-0.2, 0) is 4.57 Å². The first kappa shape index (κ1) is 13.4. The topological polar surface area (TPSA) is 35.5 Å². The molecule has 0 saturated carbocycles. The molecule has 5 heteroatoms. The highest BCUT2D eigenvalue weighted by Crippen LogP contribution is 2.59. The van der Waals surface area contributed by atoms with Gasteiger partial charge in [-0.25, -0.2) is 0 Å². The van der Waals surface area contributed by atoms with Gasteiger partial charge >= 0.3 is 0 Å². The van der Waals surface area contributed by atoms with Crippen molar-refractivity contribution in [2.45, 2.75) is 0 Å². The number of benzene rings is 3. The smallest absolute Gasteiger partial charge is 0.185 e. The van der Waals surface area contributed by atoms with Crippen LogP contribution in [0.4, 0.5) is 0 Å². The lowest BCUT2D eigenvalue weighted by atomic mass is 10.2. The molecule has 0 spiro atoms. The maximum Gasteiger partial charge on any atom is 0.185 e. The zero-order valence-electron chi connectivity index (χ0n) is 11.8. The van der Waals surface area contributed by atoms with Crippen molar-refractivity contribution in [2.75, 3.05) is 0 Å². The van der Waals surface area contributed by atoms with Crippen LogP contribution in [0.1, 0.15) is 0 Å². The van der Waals surface area contributed by atoms with Crippen molar-refractivity contribution in [2.24, 2.45) is 0 Å². The molecule has 0 bridgehead atoms. The lowest BCUT2D eigenvalue weighted by molar-refractivity contribution is 0.460. The Morgan fingerprint density at radius 1 is 0.739 bits per heavy atom. The van der Waals surface area contributed by atoms with E-state index >= 15 is 0 Å². The van der Waals surface area contributed by atoms with Gasteiger partial charge in [-0.1, -0.05) is 24.3 Å². The fraction of sp³-hybridized carbons (Fsp3) is 0. The summed E-state index contributed by atoms with van der Waals surface area (Å²) in [6.45, 7) is 0. The highest BCUT2D eigenvalue weighted by molar-refractivity contribution is 9.10. The molecule has 2 aliphatic rings. The van der Waals surface area contributed by atoms with Crippen LogP contribution in [0.15, 0.2) is 65.1 Å². The quantitative estimate of drug-likeness (QED) is 0.373. The number of halogens is 1. The monoisotopic (exact) mass is 384 g/mol. The SMILES string of the molecule is O=P12c3ccccc3Oc3ccc(Br)c(c31)Oc1ccccc12. The third kappa shape index (κ3) is 1.63. The fourth-order valence-corrected chi connectivity index (χ4v) is 6.85. The number of rotatable bonds is 0. The van der Waals surface area contributed by atoms with Gasteiger partial charge in [0.1, 0.15) is 22.6 Å². The van der Waals surface area contributed by atoms with Gasteiger partial charge in [-0.05, 0) is 52.3 Å². The number of hydrogen-bond acceptors (Lipinski definition) is 3. The van der Waals surface area contributed by atoms with E-state index in [1.165, 1.54) is 0 Å². The van der Waals surface area contributed by atoms with Gasteiger partial charge in [0.05, 0.1) is 15.1 Å². The van der Waals surface area contributed by atoms with Gasteiger partial charge in [0.25, 0.3) is 0 Å². The van der Waals surface area contributed by atoms with Crippen molar-refractivity contribution in [1.82, 2.24) is 0 Å². The van der Waals surface area contributed by atoms with Crippen molar-refractivity contribution < 1.29 is 14.0 Å². The summed E-state index contributed by atoms with van der Waals surface area (Å²) in [5, 5.41) is 2.09. The lowest BCUT2D eigenvalue weighted by Crippen LogP contribution is -2.35. The highest BCUT2D eigenvalue weighted by Gasteiger charge is 2.46. The number of ether oxygens (including phenoxy) is 2. The zero-order valence-corrected chi connectivity index (χ0v) is 14.3. The van der Waals surface area contributed by atoms with Crippen LogP contribution < -0.4 is 25.4 Å². The molecule has 1 unspecified atom stereocenters. The molecule has 3 nitrogen and oxygen atoms in total. The van der Waals surface area contributed by atoms with Gasteiger partial charge in [-0.15, -0.1) is 0 Å². The summed E-state index contributed by atoms with van der Waals surface area (Å²) in [6.07, 6.45) is 0. The van der Waals surface area contributed by atoms with Crippen LogP contribution in [0.2, 0.25) is 0 Å². The molecule has 0 radical (unpaired) electrons. The summed E-state index contributed by atoms with van der Waals surface area (Å²) in [5.41, 5.74) is 0. The molecule has 2 heterocycles. The van der Waals surface area contributed by atoms with Crippen molar-refractivity contribution in [3.05, 3.63) is 65.1 Å². The second-order valence-electron chi connectivity index (χ2n) is 5.47. The van der Waals surface area contributed by atoms with Gasteiger partial charge < -0.3 is 14.0 Å². The summed E-state index contributed by atoms with van der Waals surface area (Å²) < 4.78 is 27.1. The predicted octanol–water partition coefficient (Wildman–Crippen LogP) is 4.30. The van der Waals surface area contributed by atoms with Gasteiger partial charge in [0, 0.05) is 0 Å². The van der Waals surface area contributed by atoms with Crippen LogP contribution in [0.5, 0.6) is 23.0 Å². The average molecular weight is 385 g/mol. The Hall–Kier alpha value is -2.03. The Balaban J connectivity index is 1.98. The van der Waals surface area contributed by atoms with E-state index in [9.17, 15) is 4.57 Å². The maximum absolute atomic E-state index is 14.3. The zero-order chi connectivity index (χ0) is 15.6. The molecule has 0 aliphatic carbocycles. The van der Waals surface area contributed by atoms with Gasteiger partial charge in [0.15, 0.2) is 12.9 Å². The van der Waals surface area contributed by atoms with Crippen LogP contribution in [0, 0.1) is 0 Å². The molecule has 23 heavy (non-hydrogen) atoms. The van der Waals surface area contributed by atoms with Crippen molar-refractivity contribution in [3.63, 3.8) is 0 Å². The molecule has 0 N–H and O–H groups in total. The molecule has 0 saturated heterocycles. The van der Waals surface area contributed by atoms with Crippen molar-refractivity contribution in [3.8, 4) is 23.0 Å². The van der Waals surface area contributed by atoms with Crippen molar-refractivity contribution in [1.29, 1.82) is 0 Å². The van der Waals surface area contributed by atoms with E-state index in [2.05, 4.69) is 15.9 Å². The van der Waals surface area contributed by atoms with E-state index in [1.54, 1.807) is 0 Å². The molecule has 5 rings (SSSR count). The fourth-order valence-electron chi connectivity index (χ4n) is 3.21. The summed E-state index contributed by atoms with van der Waals surface area (Å²) >= 11 is 3.51. The van der Waals surface area contributed by atoms with E-state index in [0.717, 1.165) is 15.1 Å². The Morgan fingerprint density at radius 3 is 2.04 bits per heavy atom. The molecule has 0 amide bonds. The Bertz CT molecular complexity index is 1010. The minimum atomic E-state index is -3.02. The third-order valence-electron chi connectivity index (χ3n) is 4.20. The summed E-state index contributed by atoms with van der Waals surface area (Å²) in [4.78, 5) is 0. The molecule has 3 aromatic rings. The lowest BCUT2D eigenvalue weighted by Gasteiger charge is -2.34. The van der Waals surface area contributed by atoms with E-state index in [4.69, 9.17) is 9.47 Å². The van der Waals surface area contributed by atoms with Crippen LogP contribution >= 0.6 is 23.1 Å². The molecule has 1 atom stereocenters. The summed E-state index contributed by atoms with van der Waals surface area (Å²) in [6, 6.07) is 18.7. The minimum absolute atomic E-state index is 0.582. The molecular weight excluding hydrogens is 375 g/mol. The van der Waals surface area contributed by atoms with E-state index in [-0.39, 0.29) is 0 Å². The largest absolute Gasteiger partial charge is 0.456 e. The normalized spacial score (nSPS) is 19.7. The second-order valence-corrected chi connectivity index (χ2v) is 8.96.